The number of nitrogens with one attached hydrogen (secondary N) is 1. The molecule has 5 nitrogen and oxygen atoms in total. The van der Waals surface area contributed by atoms with Crippen LogP contribution in [0.2, 0.25) is 0 Å². The molecule has 0 bridgehead atoms. The van der Waals surface area contributed by atoms with Gasteiger partial charge in [0.15, 0.2) is 5.75 Å². The van der Waals surface area contributed by atoms with Crippen molar-refractivity contribution in [2.75, 3.05) is 18.4 Å². The zero-order valence-corrected chi connectivity index (χ0v) is 13.5. The van der Waals surface area contributed by atoms with E-state index in [2.05, 4.69) is 10.1 Å². The lowest BCUT2D eigenvalue weighted by molar-refractivity contribution is -0.274. The number of alkyl halides is 3. The van der Waals surface area contributed by atoms with Gasteiger partial charge in [0.25, 0.3) is 0 Å². The number of ether oxygens (including phenoxy) is 1. The molecule has 0 spiro atoms. The minimum absolute atomic E-state index is 0.0127. The van der Waals surface area contributed by atoms with Gasteiger partial charge in [-0.1, -0.05) is 12.1 Å². The zero-order chi connectivity index (χ0) is 18.0. The molecule has 136 valence electrons. The molecule has 0 radical (unpaired) electrons. The number of carbonyl (C=O) groups excluding carboxylic acids is 2. The van der Waals surface area contributed by atoms with E-state index in [1.54, 1.807) is 4.90 Å². The van der Waals surface area contributed by atoms with Gasteiger partial charge in [0.05, 0.1) is 5.69 Å². The van der Waals surface area contributed by atoms with E-state index in [-0.39, 0.29) is 29.3 Å². The minimum Gasteiger partial charge on any atom is -0.404 e. The quantitative estimate of drug-likeness (QED) is 0.902. The molecule has 0 atom stereocenters. The maximum atomic E-state index is 12.4. The molecule has 2 aliphatic rings. The van der Waals surface area contributed by atoms with Gasteiger partial charge in [0.2, 0.25) is 11.8 Å². The van der Waals surface area contributed by atoms with Gasteiger partial charge in [-0.15, -0.1) is 13.2 Å². The molecule has 0 unspecified atom stereocenters. The molecule has 1 heterocycles. The molecule has 25 heavy (non-hydrogen) atoms. The molecular weight excluding hydrogens is 337 g/mol. The predicted molar refractivity (Wildman–Crippen MR) is 83.8 cm³/mol. The molecular formula is C17H19F3N2O3. The normalized spacial score (nSPS) is 18.8. The van der Waals surface area contributed by atoms with Gasteiger partial charge in [-0.25, -0.2) is 0 Å². The highest BCUT2D eigenvalue weighted by Gasteiger charge is 2.36. The smallest absolute Gasteiger partial charge is 0.404 e. The third-order valence-electron chi connectivity index (χ3n) is 4.47. The molecule has 0 aromatic heterocycles. The maximum Gasteiger partial charge on any atom is 0.573 e. The lowest BCUT2D eigenvalue weighted by Crippen LogP contribution is -2.42. The number of anilines is 1. The molecule has 1 saturated carbocycles. The van der Waals surface area contributed by atoms with Crippen molar-refractivity contribution in [1.29, 1.82) is 0 Å². The Morgan fingerprint density at radius 1 is 1.04 bits per heavy atom. The van der Waals surface area contributed by atoms with Crippen molar-refractivity contribution in [1.82, 2.24) is 4.90 Å². The first-order valence-corrected chi connectivity index (χ1v) is 8.28. The first kappa shape index (κ1) is 17.6. The summed E-state index contributed by atoms with van der Waals surface area (Å²) in [5.41, 5.74) is -0.0127. The molecule has 1 aliphatic heterocycles. The predicted octanol–water partition coefficient (Wildman–Crippen LogP) is 3.17. The van der Waals surface area contributed by atoms with Crippen LogP contribution in [0.25, 0.3) is 0 Å². The summed E-state index contributed by atoms with van der Waals surface area (Å²) in [6.45, 7) is 1.02. The Balaban J connectivity index is 1.57. The highest BCUT2D eigenvalue weighted by atomic mass is 19.4. The standard InChI is InChI=1S/C17H19F3N2O3/c18-17(19,20)25-14-4-2-1-3-13(14)21-15(23)11-7-9-22(10-8-11)16(24)12-5-6-12/h1-4,11-12H,5-10H2,(H,21,23). The van der Waals surface area contributed by atoms with E-state index in [4.69, 9.17) is 0 Å². The molecule has 2 fully saturated rings. The topological polar surface area (TPSA) is 58.6 Å². The number of piperidine rings is 1. The summed E-state index contributed by atoms with van der Waals surface area (Å²) in [6, 6.07) is 5.44. The number of nitrogens with zero attached hydrogens (tertiary/aromatic N) is 1. The zero-order valence-electron chi connectivity index (χ0n) is 13.5. The molecule has 1 aromatic rings. The Kier molecular flexibility index (Phi) is 4.87. The fraction of sp³-hybridized carbons (Fsp3) is 0.529. The van der Waals surface area contributed by atoms with Crippen LogP contribution in [0.3, 0.4) is 0 Å². The van der Waals surface area contributed by atoms with Crippen LogP contribution in [0.15, 0.2) is 24.3 Å². The summed E-state index contributed by atoms with van der Waals surface area (Å²) in [5.74, 6) is -0.816. The summed E-state index contributed by atoms with van der Waals surface area (Å²) < 4.78 is 41.2. The fourth-order valence-electron chi connectivity index (χ4n) is 2.97. The summed E-state index contributed by atoms with van der Waals surface area (Å²) in [6.07, 6.45) is -1.93. The van der Waals surface area contributed by atoms with Crippen molar-refractivity contribution in [2.45, 2.75) is 32.0 Å². The van der Waals surface area contributed by atoms with Crippen molar-refractivity contribution < 1.29 is 27.5 Å². The third kappa shape index (κ3) is 4.64. The lowest BCUT2D eigenvalue weighted by Gasteiger charge is -2.31. The van der Waals surface area contributed by atoms with Crippen molar-refractivity contribution >= 4 is 17.5 Å². The van der Waals surface area contributed by atoms with Crippen LogP contribution >= 0.6 is 0 Å². The molecule has 1 aromatic carbocycles. The van der Waals surface area contributed by atoms with Crippen LogP contribution in [0.1, 0.15) is 25.7 Å². The Labute approximate surface area is 143 Å². The Morgan fingerprint density at radius 3 is 2.28 bits per heavy atom. The molecule has 1 N–H and O–H groups in total. The van der Waals surface area contributed by atoms with Gasteiger partial charge in [-0.05, 0) is 37.8 Å². The van der Waals surface area contributed by atoms with Gasteiger partial charge in [0, 0.05) is 24.9 Å². The van der Waals surface area contributed by atoms with Gasteiger partial charge in [-0.3, -0.25) is 9.59 Å². The number of halogens is 3. The number of rotatable bonds is 4. The number of benzene rings is 1. The van der Waals surface area contributed by atoms with Gasteiger partial charge >= 0.3 is 6.36 Å². The number of para-hydroxylation sites is 2. The number of likely N-dealkylation sites (tertiary alicyclic amines) is 1. The van der Waals surface area contributed by atoms with E-state index in [1.165, 1.54) is 18.2 Å². The number of amides is 2. The molecule has 3 rings (SSSR count). The third-order valence-corrected chi connectivity index (χ3v) is 4.47. The summed E-state index contributed by atoms with van der Waals surface area (Å²) in [4.78, 5) is 26.1. The van der Waals surface area contributed by atoms with Crippen molar-refractivity contribution in [3.8, 4) is 5.75 Å². The first-order valence-electron chi connectivity index (χ1n) is 8.28. The summed E-state index contributed by atoms with van der Waals surface area (Å²) in [5, 5.41) is 2.51. The number of hydrogen-bond donors (Lipinski definition) is 1. The summed E-state index contributed by atoms with van der Waals surface area (Å²) >= 11 is 0. The Bertz CT molecular complexity index is 651. The molecule has 1 aliphatic carbocycles. The van der Waals surface area contributed by atoms with Crippen LogP contribution in [-0.4, -0.2) is 36.2 Å². The van der Waals surface area contributed by atoms with Gasteiger partial charge in [0.1, 0.15) is 0 Å². The second-order valence-corrected chi connectivity index (χ2v) is 6.41. The van der Waals surface area contributed by atoms with Gasteiger partial charge in [-0.2, -0.15) is 0 Å². The van der Waals surface area contributed by atoms with E-state index >= 15 is 0 Å². The number of carbonyl (C=O) groups is 2. The largest absolute Gasteiger partial charge is 0.573 e. The van der Waals surface area contributed by atoms with E-state index in [9.17, 15) is 22.8 Å². The van der Waals surface area contributed by atoms with E-state index in [1.807, 2.05) is 0 Å². The van der Waals surface area contributed by atoms with Crippen LogP contribution in [0.5, 0.6) is 5.75 Å². The van der Waals surface area contributed by atoms with Crippen molar-refractivity contribution in [2.24, 2.45) is 11.8 Å². The van der Waals surface area contributed by atoms with Crippen molar-refractivity contribution in [3.05, 3.63) is 24.3 Å². The Hall–Kier alpha value is -2.25. The fourth-order valence-corrected chi connectivity index (χ4v) is 2.97. The number of hydrogen-bond acceptors (Lipinski definition) is 3. The lowest BCUT2D eigenvalue weighted by atomic mass is 9.95. The SMILES string of the molecule is O=C(Nc1ccccc1OC(F)(F)F)C1CCN(C(=O)C2CC2)CC1. The summed E-state index contributed by atoms with van der Waals surface area (Å²) in [7, 11) is 0. The van der Waals surface area contributed by atoms with E-state index in [0.29, 0.717) is 25.9 Å². The van der Waals surface area contributed by atoms with E-state index < -0.39 is 12.1 Å². The first-order chi connectivity index (χ1) is 11.8. The highest BCUT2D eigenvalue weighted by Crippen LogP contribution is 2.33. The highest BCUT2D eigenvalue weighted by molar-refractivity contribution is 5.94. The minimum atomic E-state index is -4.82. The Morgan fingerprint density at radius 2 is 1.68 bits per heavy atom. The van der Waals surface area contributed by atoms with Crippen LogP contribution in [0, 0.1) is 11.8 Å². The molecule has 1 saturated heterocycles. The average Bonchev–Trinajstić information content (AvgIpc) is 3.40. The van der Waals surface area contributed by atoms with Crippen LogP contribution in [-0.2, 0) is 9.59 Å². The maximum absolute atomic E-state index is 12.4. The molecule has 2 amide bonds. The monoisotopic (exact) mass is 356 g/mol. The second kappa shape index (κ2) is 6.93. The van der Waals surface area contributed by atoms with Crippen molar-refractivity contribution in [3.63, 3.8) is 0 Å². The van der Waals surface area contributed by atoms with Crippen LogP contribution in [0.4, 0.5) is 18.9 Å². The second-order valence-electron chi connectivity index (χ2n) is 6.41. The van der Waals surface area contributed by atoms with Gasteiger partial charge < -0.3 is 15.0 Å². The van der Waals surface area contributed by atoms with E-state index in [0.717, 1.165) is 18.9 Å². The van der Waals surface area contributed by atoms with Crippen LogP contribution < -0.4 is 10.1 Å². The average molecular weight is 356 g/mol. The molecule has 8 heteroatoms.